The number of rotatable bonds is 4. The molecule has 0 spiro atoms. The molecule has 2 heteroatoms. The van der Waals surface area contributed by atoms with Gasteiger partial charge in [0.05, 0.1) is 0 Å². The fraction of sp³-hybridized carbons (Fsp3) is 1.00. The second kappa shape index (κ2) is 7.49. The van der Waals surface area contributed by atoms with Crippen molar-refractivity contribution in [1.29, 1.82) is 0 Å². The molecule has 0 aromatic heterocycles. The normalized spacial score (nSPS) is 34.5. The Morgan fingerprint density at radius 3 is 2.39 bits per heavy atom. The fourth-order valence-electron chi connectivity index (χ4n) is 3.96. The lowest BCUT2D eigenvalue weighted by Crippen LogP contribution is -2.42. The molecular weight excluding hydrogens is 220 g/mol. The van der Waals surface area contributed by atoms with E-state index in [9.17, 15) is 0 Å². The second-order valence-electron chi connectivity index (χ2n) is 6.46. The summed E-state index contributed by atoms with van der Waals surface area (Å²) in [6, 6.07) is 1.72. The third-order valence-corrected chi connectivity index (χ3v) is 5.21. The van der Waals surface area contributed by atoms with Crippen molar-refractivity contribution in [2.24, 2.45) is 5.92 Å². The Morgan fingerprint density at radius 2 is 1.67 bits per heavy atom. The van der Waals surface area contributed by atoms with Gasteiger partial charge < -0.3 is 10.2 Å². The number of hydrogen-bond donors (Lipinski definition) is 1. The van der Waals surface area contributed by atoms with Crippen LogP contribution in [0.3, 0.4) is 0 Å². The molecule has 1 saturated carbocycles. The first-order valence-electron chi connectivity index (χ1n) is 8.24. The Hall–Kier alpha value is -0.0800. The minimum atomic E-state index is 0.840. The highest BCUT2D eigenvalue weighted by Gasteiger charge is 2.27. The van der Waals surface area contributed by atoms with E-state index in [1.165, 1.54) is 70.9 Å². The van der Waals surface area contributed by atoms with Crippen molar-refractivity contribution in [2.45, 2.75) is 76.8 Å². The summed E-state index contributed by atoms with van der Waals surface area (Å²) in [5.41, 5.74) is 0. The van der Waals surface area contributed by atoms with E-state index in [2.05, 4.69) is 24.2 Å². The van der Waals surface area contributed by atoms with Crippen molar-refractivity contribution < 1.29 is 0 Å². The van der Waals surface area contributed by atoms with Gasteiger partial charge in [0.25, 0.3) is 0 Å². The first-order valence-corrected chi connectivity index (χ1v) is 8.24. The molecule has 1 unspecified atom stereocenters. The lowest BCUT2D eigenvalue weighted by atomic mass is 9.82. The molecule has 18 heavy (non-hydrogen) atoms. The molecule has 1 N–H and O–H groups in total. The predicted octanol–water partition coefficient (Wildman–Crippen LogP) is 3.42. The van der Waals surface area contributed by atoms with Crippen molar-refractivity contribution in [2.75, 3.05) is 20.1 Å². The molecule has 1 heterocycles. The average Bonchev–Trinajstić information content (AvgIpc) is 2.68. The van der Waals surface area contributed by atoms with Crippen LogP contribution >= 0.6 is 0 Å². The maximum Gasteiger partial charge on any atom is 0.0108 e. The maximum atomic E-state index is 3.53. The largest absolute Gasteiger partial charge is 0.317 e. The van der Waals surface area contributed by atoms with Crippen LogP contribution in [-0.2, 0) is 0 Å². The molecule has 0 amide bonds. The van der Waals surface area contributed by atoms with Crippen LogP contribution in [0, 0.1) is 5.92 Å². The molecule has 1 aliphatic heterocycles. The second-order valence-corrected chi connectivity index (χ2v) is 6.46. The minimum absolute atomic E-state index is 0.840. The Balaban J connectivity index is 1.77. The van der Waals surface area contributed by atoms with Gasteiger partial charge >= 0.3 is 0 Å². The number of nitrogens with zero attached hydrogens (tertiary/aromatic N) is 1. The molecule has 0 aromatic carbocycles. The molecule has 2 nitrogen and oxygen atoms in total. The molecule has 2 aliphatic rings. The monoisotopic (exact) mass is 252 g/mol. The summed E-state index contributed by atoms with van der Waals surface area (Å²) in [5.74, 6) is 1.04. The van der Waals surface area contributed by atoms with Gasteiger partial charge in [-0.3, -0.25) is 0 Å². The Bertz CT molecular complexity index is 213. The van der Waals surface area contributed by atoms with Crippen LogP contribution in [0.15, 0.2) is 0 Å². The van der Waals surface area contributed by atoms with Gasteiger partial charge in [-0.15, -0.1) is 0 Å². The zero-order valence-corrected chi connectivity index (χ0v) is 12.5. The highest BCUT2D eigenvalue weighted by molar-refractivity contribution is 4.83. The summed E-state index contributed by atoms with van der Waals surface area (Å²) in [4.78, 5) is 2.73. The van der Waals surface area contributed by atoms with Crippen LogP contribution in [0.1, 0.15) is 64.7 Å². The highest BCUT2D eigenvalue weighted by Crippen LogP contribution is 2.31. The molecule has 2 rings (SSSR count). The first kappa shape index (κ1) is 14.3. The van der Waals surface area contributed by atoms with E-state index < -0.39 is 0 Å². The molecule has 1 saturated heterocycles. The van der Waals surface area contributed by atoms with Crippen LogP contribution in [-0.4, -0.2) is 37.1 Å². The van der Waals surface area contributed by atoms with E-state index in [0.717, 1.165) is 18.0 Å². The van der Waals surface area contributed by atoms with Gasteiger partial charge in [-0.2, -0.15) is 0 Å². The SMILES string of the molecule is CCCC1CCC(N(C)C2CCCNCC2)CC1. The maximum absolute atomic E-state index is 3.53. The van der Waals surface area contributed by atoms with Crippen LogP contribution < -0.4 is 5.32 Å². The Kier molecular flexibility index (Phi) is 5.97. The van der Waals surface area contributed by atoms with E-state index >= 15 is 0 Å². The van der Waals surface area contributed by atoms with Gasteiger partial charge in [0.2, 0.25) is 0 Å². The third kappa shape index (κ3) is 3.96. The Morgan fingerprint density at radius 1 is 0.944 bits per heavy atom. The third-order valence-electron chi connectivity index (χ3n) is 5.21. The van der Waals surface area contributed by atoms with Crippen molar-refractivity contribution >= 4 is 0 Å². The van der Waals surface area contributed by atoms with Gasteiger partial charge in [-0.1, -0.05) is 19.8 Å². The van der Waals surface area contributed by atoms with Gasteiger partial charge in [-0.05, 0) is 71.0 Å². The molecule has 106 valence electrons. The summed E-state index contributed by atoms with van der Waals surface area (Å²) in [6.07, 6.45) is 12.8. The standard InChI is InChI=1S/C16H32N2/c1-3-5-14-7-9-16(10-8-14)18(2)15-6-4-12-17-13-11-15/h14-17H,3-13H2,1-2H3. The molecule has 1 atom stereocenters. The summed E-state index contributed by atoms with van der Waals surface area (Å²) < 4.78 is 0. The van der Waals surface area contributed by atoms with E-state index in [1.807, 2.05) is 0 Å². The summed E-state index contributed by atoms with van der Waals surface area (Å²) in [6.45, 7) is 4.78. The van der Waals surface area contributed by atoms with E-state index in [-0.39, 0.29) is 0 Å². The van der Waals surface area contributed by atoms with Crippen LogP contribution in [0.4, 0.5) is 0 Å². The predicted molar refractivity (Wildman–Crippen MR) is 78.9 cm³/mol. The lowest BCUT2D eigenvalue weighted by molar-refractivity contribution is 0.110. The van der Waals surface area contributed by atoms with Crippen molar-refractivity contribution in [3.05, 3.63) is 0 Å². The average molecular weight is 252 g/mol. The smallest absolute Gasteiger partial charge is 0.0108 e. The number of nitrogens with one attached hydrogen (secondary N) is 1. The van der Waals surface area contributed by atoms with Gasteiger partial charge in [0.1, 0.15) is 0 Å². The molecular formula is C16H32N2. The summed E-state index contributed by atoms with van der Waals surface area (Å²) in [5, 5.41) is 3.53. The molecule has 1 aliphatic carbocycles. The van der Waals surface area contributed by atoms with Gasteiger partial charge in [-0.25, -0.2) is 0 Å². The minimum Gasteiger partial charge on any atom is -0.317 e. The van der Waals surface area contributed by atoms with Crippen LogP contribution in [0.2, 0.25) is 0 Å². The molecule has 0 bridgehead atoms. The topological polar surface area (TPSA) is 15.3 Å². The lowest BCUT2D eigenvalue weighted by Gasteiger charge is -2.39. The van der Waals surface area contributed by atoms with Crippen molar-refractivity contribution in [3.63, 3.8) is 0 Å². The molecule has 2 fully saturated rings. The van der Waals surface area contributed by atoms with Gasteiger partial charge in [0, 0.05) is 12.1 Å². The zero-order chi connectivity index (χ0) is 12.8. The van der Waals surface area contributed by atoms with E-state index in [1.54, 1.807) is 0 Å². The first-order chi connectivity index (χ1) is 8.81. The molecule has 0 aromatic rings. The fourth-order valence-corrected chi connectivity index (χ4v) is 3.96. The number of hydrogen-bond acceptors (Lipinski definition) is 2. The molecule has 0 radical (unpaired) electrons. The summed E-state index contributed by atoms with van der Waals surface area (Å²) >= 11 is 0. The highest BCUT2D eigenvalue weighted by atomic mass is 15.2. The van der Waals surface area contributed by atoms with Gasteiger partial charge in [0.15, 0.2) is 0 Å². The quantitative estimate of drug-likeness (QED) is 0.825. The van der Waals surface area contributed by atoms with E-state index in [4.69, 9.17) is 0 Å². The van der Waals surface area contributed by atoms with Crippen LogP contribution in [0.5, 0.6) is 0 Å². The summed E-state index contributed by atoms with van der Waals surface area (Å²) in [7, 11) is 2.39. The Labute approximate surface area is 114 Å². The zero-order valence-electron chi connectivity index (χ0n) is 12.5. The van der Waals surface area contributed by atoms with Crippen molar-refractivity contribution in [3.8, 4) is 0 Å². The van der Waals surface area contributed by atoms with E-state index in [0.29, 0.717) is 0 Å². The van der Waals surface area contributed by atoms with Crippen LogP contribution in [0.25, 0.3) is 0 Å². The van der Waals surface area contributed by atoms with Crippen molar-refractivity contribution in [1.82, 2.24) is 10.2 Å².